The van der Waals surface area contributed by atoms with Crippen LogP contribution in [-0.4, -0.2) is 22.0 Å². The summed E-state index contributed by atoms with van der Waals surface area (Å²) in [6.07, 6.45) is -1.85. The fourth-order valence-electron chi connectivity index (χ4n) is 6.35. The summed E-state index contributed by atoms with van der Waals surface area (Å²) in [5.74, 6) is -1.20. The maximum absolute atomic E-state index is 16.7. The van der Waals surface area contributed by atoms with Crippen molar-refractivity contribution >= 4 is 5.91 Å². The minimum absolute atomic E-state index is 0.0364. The largest absolute Gasteiger partial charge is 0.416 e. The van der Waals surface area contributed by atoms with Gasteiger partial charge in [0.25, 0.3) is 0 Å². The molecular weight excluding hydrogens is 539 g/mol. The number of aromatic nitrogens is 1. The highest BCUT2D eigenvalue weighted by molar-refractivity contribution is 5.81. The summed E-state index contributed by atoms with van der Waals surface area (Å²) < 4.78 is 70.4. The highest BCUT2D eigenvalue weighted by Crippen LogP contribution is 2.49. The first-order valence-electron chi connectivity index (χ1n) is 14.2. The van der Waals surface area contributed by atoms with Crippen molar-refractivity contribution in [1.82, 2.24) is 10.3 Å². The Balaban J connectivity index is 1.53. The number of nitrogens with zero attached hydrogens (tertiary/aromatic N) is 1. The lowest BCUT2D eigenvalue weighted by atomic mass is 9.76. The van der Waals surface area contributed by atoms with Gasteiger partial charge in [-0.2, -0.15) is 13.2 Å². The zero-order valence-corrected chi connectivity index (χ0v) is 22.4. The number of pyridine rings is 1. The average Bonchev–Trinajstić information content (AvgIpc) is 3.59. The summed E-state index contributed by atoms with van der Waals surface area (Å²) in [6, 6.07) is 9.70. The third kappa shape index (κ3) is 5.61. The molecule has 0 spiro atoms. The number of amides is 1. The zero-order valence-electron chi connectivity index (χ0n) is 22.4. The van der Waals surface area contributed by atoms with E-state index < -0.39 is 35.8 Å². The van der Waals surface area contributed by atoms with E-state index in [0.717, 1.165) is 62.8 Å². The lowest BCUT2D eigenvalue weighted by Gasteiger charge is -2.33. The summed E-state index contributed by atoms with van der Waals surface area (Å²) in [5.41, 5.74) is 1.65. The van der Waals surface area contributed by atoms with Crippen LogP contribution in [-0.2, 0) is 17.4 Å². The fourth-order valence-corrected chi connectivity index (χ4v) is 6.35. The number of hydrogen-bond donors (Lipinski definition) is 2. The van der Waals surface area contributed by atoms with Crippen molar-refractivity contribution in [2.45, 2.75) is 81.8 Å². The molecule has 0 aliphatic heterocycles. The Morgan fingerprint density at radius 3 is 2.24 bits per heavy atom. The Morgan fingerprint density at radius 2 is 1.63 bits per heavy atom. The van der Waals surface area contributed by atoms with Crippen LogP contribution in [0.5, 0.6) is 0 Å². The number of halogens is 5. The van der Waals surface area contributed by atoms with E-state index in [-0.39, 0.29) is 41.8 Å². The van der Waals surface area contributed by atoms with E-state index in [1.807, 2.05) is 0 Å². The quantitative estimate of drug-likeness (QED) is 0.302. The van der Waals surface area contributed by atoms with Gasteiger partial charge >= 0.3 is 6.18 Å². The number of rotatable bonds is 6. The van der Waals surface area contributed by atoms with Crippen LogP contribution in [0.3, 0.4) is 0 Å². The maximum atomic E-state index is 16.7. The summed E-state index contributed by atoms with van der Waals surface area (Å²) in [4.78, 5) is 17.9. The third-order valence-electron chi connectivity index (χ3n) is 8.62. The molecule has 2 saturated carbocycles. The van der Waals surface area contributed by atoms with Gasteiger partial charge in [-0.05, 0) is 73.1 Å². The molecule has 216 valence electrons. The minimum Gasteiger partial charge on any atom is -0.388 e. The molecule has 3 atom stereocenters. The van der Waals surface area contributed by atoms with Crippen molar-refractivity contribution in [2.24, 2.45) is 5.92 Å². The van der Waals surface area contributed by atoms with Crippen molar-refractivity contribution in [1.29, 1.82) is 0 Å². The van der Waals surface area contributed by atoms with Gasteiger partial charge in [0.2, 0.25) is 5.91 Å². The van der Waals surface area contributed by atoms with Crippen LogP contribution >= 0.6 is 0 Å². The summed E-state index contributed by atoms with van der Waals surface area (Å²) in [7, 11) is 0. The van der Waals surface area contributed by atoms with Crippen LogP contribution in [0, 0.1) is 11.7 Å². The van der Waals surface area contributed by atoms with Gasteiger partial charge in [-0.15, -0.1) is 0 Å². The fraction of sp³-hybridized carbons (Fsp3) is 0.438. The first kappa shape index (κ1) is 27.8. The van der Waals surface area contributed by atoms with E-state index >= 15 is 4.39 Å². The number of aliphatic hydroxyl groups excluding tert-OH is 1. The Bertz CT molecular complexity index is 1430. The molecule has 0 saturated heterocycles. The average molecular weight is 571 g/mol. The van der Waals surface area contributed by atoms with Crippen LogP contribution in [0.2, 0.25) is 0 Å². The predicted octanol–water partition coefficient (Wildman–Crippen LogP) is 7.50. The van der Waals surface area contributed by atoms with Crippen LogP contribution in [0.15, 0.2) is 48.5 Å². The predicted molar refractivity (Wildman–Crippen MR) is 143 cm³/mol. The topological polar surface area (TPSA) is 62.2 Å². The number of fused-ring (bicyclic) bond motifs is 1. The van der Waals surface area contributed by atoms with Gasteiger partial charge in [0, 0.05) is 41.1 Å². The SMILES string of the molecule is O=C(NC1CC1)C1Cc2nc(C3CCCC3)c(C(F)c3ccc(C(F)(F)F)cc3)c(-c3ccc(F)cc3)c2C(O)C1. The molecule has 2 N–H and O–H groups in total. The standard InChI is InChI=1S/C32H31F5N2O2/c33-22-11-7-17(8-12-22)26-27-24(15-20(16-25(27)40)31(41)38-23-13-14-23)39-30(19-3-1-2-4-19)28(26)29(34)18-5-9-21(10-6-18)32(35,36)37/h5-12,19-20,23,25,29,40H,1-4,13-16H2,(H,38,41). The molecule has 6 rings (SSSR count). The molecule has 1 amide bonds. The number of carbonyl (C=O) groups is 1. The number of alkyl halides is 4. The molecule has 0 bridgehead atoms. The van der Waals surface area contributed by atoms with Crippen LogP contribution in [0.1, 0.15) is 96.8 Å². The Hall–Kier alpha value is -3.33. The van der Waals surface area contributed by atoms with Crippen LogP contribution in [0.4, 0.5) is 22.0 Å². The molecule has 0 radical (unpaired) electrons. The molecule has 3 aliphatic carbocycles. The normalized spacial score (nSPS) is 21.9. The number of carbonyl (C=O) groups excluding carboxylic acids is 1. The number of hydrogen-bond acceptors (Lipinski definition) is 3. The number of nitrogens with one attached hydrogen (secondary N) is 1. The lowest BCUT2D eigenvalue weighted by molar-refractivity contribution is -0.137. The van der Waals surface area contributed by atoms with Crippen LogP contribution < -0.4 is 5.32 Å². The third-order valence-corrected chi connectivity index (χ3v) is 8.62. The molecule has 9 heteroatoms. The maximum Gasteiger partial charge on any atom is 0.416 e. The smallest absolute Gasteiger partial charge is 0.388 e. The second kappa shape index (κ2) is 10.8. The Morgan fingerprint density at radius 1 is 0.976 bits per heavy atom. The van der Waals surface area contributed by atoms with Gasteiger partial charge in [0.15, 0.2) is 6.17 Å². The van der Waals surface area contributed by atoms with Gasteiger partial charge in [-0.25, -0.2) is 8.78 Å². The van der Waals surface area contributed by atoms with Gasteiger partial charge < -0.3 is 10.4 Å². The van der Waals surface area contributed by atoms with Crippen molar-refractivity contribution in [3.8, 4) is 11.1 Å². The van der Waals surface area contributed by atoms with E-state index in [4.69, 9.17) is 4.98 Å². The Kier molecular flexibility index (Phi) is 7.34. The first-order valence-corrected chi connectivity index (χ1v) is 14.2. The number of aliphatic hydroxyl groups is 1. The Labute approximate surface area is 235 Å². The van der Waals surface area contributed by atoms with E-state index in [1.54, 1.807) is 0 Å². The molecule has 1 aromatic heterocycles. The lowest BCUT2D eigenvalue weighted by Crippen LogP contribution is -2.37. The number of benzene rings is 2. The molecule has 41 heavy (non-hydrogen) atoms. The monoisotopic (exact) mass is 570 g/mol. The molecule has 2 aromatic carbocycles. The molecule has 2 fully saturated rings. The molecule has 3 aliphatic rings. The highest BCUT2D eigenvalue weighted by atomic mass is 19.4. The minimum atomic E-state index is -4.56. The molecular formula is C32H31F5N2O2. The van der Waals surface area contributed by atoms with Crippen LogP contribution in [0.25, 0.3) is 11.1 Å². The van der Waals surface area contributed by atoms with Gasteiger partial charge in [0.1, 0.15) is 5.82 Å². The van der Waals surface area contributed by atoms with E-state index in [1.165, 1.54) is 24.3 Å². The summed E-state index contributed by atoms with van der Waals surface area (Å²) in [5, 5.41) is 14.4. The highest BCUT2D eigenvalue weighted by Gasteiger charge is 2.40. The van der Waals surface area contributed by atoms with Crippen molar-refractivity contribution < 1.29 is 31.9 Å². The summed E-state index contributed by atoms with van der Waals surface area (Å²) in [6.45, 7) is 0. The van der Waals surface area contributed by atoms with Gasteiger partial charge in [0.05, 0.1) is 17.4 Å². The molecule has 4 nitrogen and oxygen atoms in total. The summed E-state index contributed by atoms with van der Waals surface area (Å²) >= 11 is 0. The zero-order chi connectivity index (χ0) is 28.9. The van der Waals surface area contributed by atoms with E-state index in [2.05, 4.69) is 5.32 Å². The molecule has 3 unspecified atom stereocenters. The second-order valence-corrected chi connectivity index (χ2v) is 11.6. The molecule has 1 heterocycles. The first-order chi connectivity index (χ1) is 19.6. The van der Waals surface area contributed by atoms with Crippen molar-refractivity contribution in [3.63, 3.8) is 0 Å². The van der Waals surface area contributed by atoms with E-state index in [9.17, 15) is 27.5 Å². The second-order valence-electron chi connectivity index (χ2n) is 11.6. The van der Waals surface area contributed by atoms with Gasteiger partial charge in [-0.1, -0.05) is 37.1 Å². The van der Waals surface area contributed by atoms with Gasteiger partial charge in [-0.3, -0.25) is 9.78 Å². The van der Waals surface area contributed by atoms with Crippen molar-refractivity contribution in [2.75, 3.05) is 0 Å². The molecule has 3 aromatic rings. The van der Waals surface area contributed by atoms with E-state index in [0.29, 0.717) is 28.1 Å². The van der Waals surface area contributed by atoms with Crippen molar-refractivity contribution in [3.05, 3.63) is 88.0 Å².